The van der Waals surface area contributed by atoms with Gasteiger partial charge in [-0.15, -0.1) is 0 Å². The Morgan fingerprint density at radius 3 is 3.00 bits per heavy atom. The van der Waals surface area contributed by atoms with Crippen LogP contribution in [0.3, 0.4) is 0 Å². The molecule has 0 bridgehead atoms. The predicted octanol–water partition coefficient (Wildman–Crippen LogP) is 1.17. The van der Waals surface area contributed by atoms with Crippen molar-refractivity contribution < 1.29 is 4.74 Å². The largest absolute Gasteiger partial charge is 0.381 e. The molecule has 2 heteroatoms. The van der Waals surface area contributed by atoms with Crippen LogP contribution in [0.1, 0.15) is 26.2 Å². The molecule has 2 heterocycles. The van der Waals surface area contributed by atoms with Gasteiger partial charge in [0, 0.05) is 24.6 Å². The summed E-state index contributed by atoms with van der Waals surface area (Å²) in [5.41, 5.74) is 0.512. The third kappa shape index (κ3) is 1.42. The van der Waals surface area contributed by atoms with E-state index in [1.807, 2.05) is 0 Å². The predicted molar refractivity (Wildman–Crippen MR) is 44.6 cm³/mol. The van der Waals surface area contributed by atoms with Crippen molar-refractivity contribution in [1.29, 1.82) is 0 Å². The molecule has 1 N–H and O–H groups in total. The lowest BCUT2D eigenvalue weighted by Gasteiger charge is -2.32. The van der Waals surface area contributed by atoms with Crippen molar-refractivity contribution in [1.82, 2.24) is 5.32 Å². The van der Waals surface area contributed by atoms with Gasteiger partial charge in [0.1, 0.15) is 0 Å². The van der Waals surface area contributed by atoms with Gasteiger partial charge in [-0.1, -0.05) is 0 Å². The zero-order chi connectivity index (χ0) is 7.73. The Hall–Kier alpha value is -0.0800. The molecule has 2 atom stereocenters. The number of ether oxygens (including phenoxy) is 1. The van der Waals surface area contributed by atoms with Gasteiger partial charge >= 0.3 is 0 Å². The molecule has 0 aromatic carbocycles. The Labute approximate surface area is 68.3 Å². The van der Waals surface area contributed by atoms with Crippen molar-refractivity contribution >= 4 is 0 Å². The molecule has 11 heavy (non-hydrogen) atoms. The zero-order valence-corrected chi connectivity index (χ0v) is 7.23. The standard InChI is InChI=1S/C9H17NO/c1-8-5-9(6-10-8)3-2-4-11-7-9/h8,10H,2-7H2,1H3. The molecule has 2 nitrogen and oxygen atoms in total. The van der Waals surface area contributed by atoms with E-state index in [0.717, 1.165) is 13.2 Å². The van der Waals surface area contributed by atoms with Gasteiger partial charge < -0.3 is 10.1 Å². The Bertz CT molecular complexity index is 135. The average molecular weight is 155 g/mol. The van der Waals surface area contributed by atoms with E-state index in [-0.39, 0.29) is 0 Å². The summed E-state index contributed by atoms with van der Waals surface area (Å²) in [4.78, 5) is 0. The van der Waals surface area contributed by atoms with E-state index in [9.17, 15) is 0 Å². The first kappa shape index (κ1) is 7.56. The summed E-state index contributed by atoms with van der Waals surface area (Å²) >= 11 is 0. The topological polar surface area (TPSA) is 21.3 Å². The fraction of sp³-hybridized carbons (Fsp3) is 1.00. The molecule has 2 rings (SSSR count). The van der Waals surface area contributed by atoms with E-state index < -0.39 is 0 Å². The first-order chi connectivity index (χ1) is 5.31. The van der Waals surface area contributed by atoms with Gasteiger partial charge in [0.25, 0.3) is 0 Å². The minimum atomic E-state index is 0.512. The Balaban J connectivity index is 1.98. The Kier molecular flexibility index (Phi) is 1.90. The van der Waals surface area contributed by atoms with Crippen LogP contribution < -0.4 is 5.32 Å². The smallest absolute Gasteiger partial charge is 0.0535 e. The lowest BCUT2D eigenvalue weighted by atomic mass is 9.81. The number of nitrogens with one attached hydrogen (secondary N) is 1. The van der Waals surface area contributed by atoms with Crippen LogP contribution in [0.2, 0.25) is 0 Å². The monoisotopic (exact) mass is 155 g/mol. The molecule has 0 aromatic rings. The van der Waals surface area contributed by atoms with Crippen molar-refractivity contribution in [2.24, 2.45) is 5.41 Å². The number of rotatable bonds is 0. The van der Waals surface area contributed by atoms with Crippen LogP contribution in [0.15, 0.2) is 0 Å². The molecule has 0 saturated carbocycles. The van der Waals surface area contributed by atoms with Crippen molar-refractivity contribution in [3.63, 3.8) is 0 Å². The summed E-state index contributed by atoms with van der Waals surface area (Å²) in [5, 5.41) is 3.50. The number of hydrogen-bond donors (Lipinski definition) is 1. The van der Waals surface area contributed by atoms with Gasteiger partial charge in [-0.2, -0.15) is 0 Å². The molecule has 2 fully saturated rings. The minimum Gasteiger partial charge on any atom is -0.381 e. The van der Waals surface area contributed by atoms with E-state index in [2.05, 4.69) is 12.2 Å². The van der Waals surface area contributed by atoms with Gasteiger partial charge in [-0.3, -0.25) is 0 Å². The molecular formula is C9H17NO. The zero-order valence-electron chi connectivity index (χ0n) is 7.23. The van der Waals surface area contributed by atoms with Crippen LogP contribution in [-0.4, -0.2) is 25.8 Å². The van der Waals surface area contributed by atoms with E-state index in [1.54, 1.807) is 0 Å². The second-order valence-corrected chi connectivity index (χ2v) is 4.14. The average Bonchev–Trinajstić information content (AvgIpc) is 2.34. The maximum atomic E-state index is 5.52. The van der Waals surface area contributed by atoms with Crippen molar-refractivity contribution in [3.05, 3.63) is 0 Å². The Morgan fingerprint density at radius 1 is 1.55 bits per heavy atom. The summed E-state index contributed by atoms with van der Waals surface area (Å²) in [7, 11) is 0. The van der Waals surface area contributed by atoms with Crippen molar-refractivity contribution in [3.8, 4) is 0 Å². The van der Waals surface area contributed by atoms with E-state index >= 15 is 0 Å². The fourth-order valence-corrected chi connectivity index (χ4v) is 2.40. The third-order valence-electron chi connectivity index (χ3n) is 2.97. The quantitative estimate of drug-likeness (QED) is 0.567. The highest BCUT2D eigenvalue weighted by molar-refractivity contribution is 4.93. The minimum absolute atomic E-state index is 0.512. The molecule has 2 aliphatic heterocycles. The summed E-state index contributed by atoms with van der Waals surface area (Å²) in [6.07, 6.45) is 3.94. The maximum Gasteiger partial charge on any atom is 0.0535 e. The fourth-order valence-electron chi connectivity index (χ4n) is 2.40. The highest BCUT2D eigenvalue weighted by atomic mass is 16.5. The van der Waals surface area contributed by atoms with Crippen LogP contribution in [0.4, 0.5) is 0 Å². The van der Waals surface area contributed by atoms with E-state index in [4.69, 9.17) is 4.74 Å². The van der Waals surface area contributed by atoms with Gasteiger partial charge in [0.15, 0.2) is 0 Å². The molecule has 0 aliphatic carbocycles. The van der Waals surface area contributed by atoms with Gasteiger partial charge in [-0.05, 0) is 26.2 Å². The molecule has 0 amide bonds. The summed E-state index contributed by atoms with van der Waals surface area (Å²) in [5.74, 6) is 0. The van der Waals surface area contributed by atoms with Crippen LogP contribution in [0.25, 0.3) is 0 Å². The maximum absolute atomic E-state index is 5.52. The SMILES string of the molecule is CC1CC2(CCCOC2)CN1. The molecule has 2 saturated heterocycles. The van der Waals surface area contributed by atoms with E-state index in [0.29, 0.717) is 11.5 Å². The molecule has 0 aromatic heterocycles. The highest BCUT2D eigenvalue weighted by Crippen LogP contribution is 2.36. The summed E-state index contributed by atoms with van der Waals surface area (Å²) < 4.78 is 5.52. The van der Waals surface area contributed by atoms with E-state index in [1.165, 1.54) is 25.8 Å². The molecule has 64 valence electrons. The lowest BCUT2D eigenvalue weighted by Crippen LogP contribution is -2.33. The van der Waals surface area contributed by atoms with Crippen LogP contribution >= 0.6 is 0 Å². The third-order valence-corrected chi connectivity index (χ3v) is 2.97. The highest BCUT2D eigenvalue weighted by Gasteiger charge is 2.38. The molecule has 0 radical (unpaired) electrons. The molecular weight excluding hydrogens is 138 g/mol. The molecule has 2 unspecified atom stereocenters. The lowest BCUT2D eigenvalue weighted by molar-refractivity contribution is 0.00238. The van der Waals surface area contributed by atoms with Crippen LogP contribution in [-0.2, 0) is 4.74 Å². The first-order valence-electron chi connectivity index (χ1n) is 4.62. The first-order valence-corrected chi connectivity index (χ1v) is 4.62. The van der Waals surface area contributed by atoms with Gasteiger partial charge in [0.2, 0.25) is 0 Å². The summed E-state index contributed by atoms with van der Waals surface area (Å²) in [6, 6.07) is 0.705. The van der Waals surface area contributed by atoms with Crippen LogP contribution in [0.5, 0.6) is 0 Å². The van der Waals surface area contributed by atoms with Gasteiger partial charge in [-0.25, -0.2) is 0 Å². The second kappa shape index (κ2) is 2.76. The molecule has 1 spiro atoms. The van der Waals surface area contributed by atoms with Crippen molar-refractivity contribution in [2.45, 2.75) is 32.2 Å². The normalized spacial score (nSPS) is 45.0. The molecule has 2 aliphatic rings. The second-order valence-electron chi connectivity index (χ2n) is 4.14. The van der Waals surface area contributed by atoms with Gasteiger partial charge in [0.05, 0.1) is 6.61 Å². The number of hydrogen-bond acceptors (Lipinski definition) is 2. The summed E-state index contributed by atoms with van der Waals surface area (Å²) in [6.45, 7) is 5.41. The van der Waals surface area contributed by atoms with Crippen molar-refractivity contribution in [2.75, 3.05) is 19.8 Å². The Morgan fingerprint density at radius 2 is 2.45 bits per heavy atom. The van der Waals surface area contributed by atoms with Crippen LogP contribution in [0, 0.1) is 5.41 Å².